The highest BCUT2D eigenvalue weighted by molar-refractivity contribution is 7.88. The Labute approximate surface area is 220 Å². The van der Waals surface area contributed by atoms with Crippen LogP contribution in [0.25, 0.3) is 33.5 Å². The third kappa shape index (κ3) is 3.90. The molecule has 1 fully saturated rings. The van der Waals surface area contributed by atoms with Gasteiger partial charge in [0.15, 0.2) is 0 Å². The molecule has 2 aliphatic rings. The molecule has 38 heavy (non-hydrogen) atoms. The largest absolute Gasteiger partial charge is 0.256 e. The summed E-state index contributed by atoms with van der Waals surface area (Å²) in [6, 6.07) is 18.8. The van der Waals surface area contributed by atoms with E-state index in [0.29, 0.717) is 25.3 Å². The van der Waals surface area contributed by atoms with Crippen molar-refractivity contribution < 1.29 is 8.42 Å². The van der Waals surface area contributed by atoms with Crippen LogP contribution >= 0.6 is 0 Å². The minimum absolute atomic E-state index is 0.117. The molecule has 190 valence electrons. The molecule has 7 rings (SSSR count). The minimum Gasteiger partial charge on any atom is -0.256 e. The van der Waals surface area contributed by atoms with Crippen molar-refractivity contribution in [2.24, 2.45) is 0 Å². The molecular weight excluding hydrogens is 496 g/mol. The Balaban J connectivity index is 1.20. The lowest BCUT2D eigenvalue weighted by molar-refractivity contribution is 0.446. The first-order valence-corrected chi connectivity index (χ1v) is 14.6. The van der Waals surface area contributed by atoms with Gasteiger partial charge in [-0.25, -0.2) is 18.4 Å². The maximum absolute atomic E-state index is 11.8. The molecule has 0 N–H and O–H groups in total. The number of fused-ring (bicyclic) bond motifs is 2. The zero-order valence-corrected chi connectivity index (χ0v) is 21.8. The van der Waals surface area contributed by atoms with E-state index in [9.17, 15) is 8.42 Å². The third-order valence-electron chi connectivity index (χ3n) is 7.82. The second-order valence-corrected chi connectivity index (χ2v) is 12.2. The van der Waals surface area contributed by atoms with Gasteiger partial charge in [0.1, 0.15) is 5.69 Å². The number of hydrogen-bond acceptors (Lipinski definition) is 6. The molecule has 0 unspecified atom stereocenters. The van der Waals surface area contributed by atoms with E-state index >= 15 is 0 Å². The fourth-order valence-corrected chi connectivity index (χ4v) is 6.26. The van der Waals surface area contributed by atoms with Gasteiger partial charge < -0.3 is 0 Å². The van der Waals surface area contributed by atoms with E-state index in [1.54, 1.807) is 6.20 Å². The second-order valence-electron chi connectivity index (χ2n) is 10.2. The summed E-state index contributed by atoms with van der Waals surface area (Å²) in [6.45, 7) is 0.921. The van der Waals surface area contributed by atoms with Crippen molar-refractivity contribution in [2.45, 2.75) is 24.7 Å². The highest BCUT2D eigenvalue weighted by atomic mass is 32.2. The molecule has 0 atom stereocenters. The Morgan fingerprint density at radius 3 is 2.45 bits per heavy atom. The van der Waals surface area contributed by atoms with Crippen molar-refractivity contribution in [2.75, 3.05) is 19.3 Å². The van der Waals surface area contributed by atoms with Crippen LogP contribution in [0, 0.1) is 0 Å². The van der Waals surface area contributed by atoms with Crippen molar-refractivity contribution in [3.05, 3.63) is 96.1 Å². The van der Waals surface area contributed by atoms with E-state index < -0.39 is 10.0 Å². The first-order chi connectivity index (χ1) is 18.4. The van der Waals surface area contributed by atoms with Crippen molar-refractivity contribution in [1.82, 2.24) is 28.9 Å². The number of sulfonamides is 1. The average molecular weight is 523 g/mol. The van der Waals surface area contributed by atoms with Crippen molar-refractivity contribution in [1.29, 1.82) is 0 Å². The standard InChI is InChI=1S/C29H26N6O2S/c1-38(36,37)34-15-10-21(11-16-34)20-4-6-22(7-5-20)26-18-31-28-32-19-27(35(28)33-26)29(12-13-29)24-8-9-25-23(17-24)3-2-14-30-25/h2-10,14,17-19H,11-13,15-16H2,1H3. The van der Waals surface area contributed by atoms with Crippen LogP contribution < -0.4 is 0 Å². The summed E-state index contributed by atoms with van der Waals surface area (Å²) in [5.74, 6) is 0.594. The molecule has 4 heterocycles. The van der Waals surface area contributed by atoms with E-state index in [0.717, 1.165) is 51.8 Å². The number of pyridine rings is 1. The van der Waals surface area contributed by atoms with Crippen LogP contribution in [-0.2, 0) is 15.4 Å². The van der Waals surface area contributed by atoms with Crippen molar-refractivity contribution in [3.8, 4) is 11.3 Å². The van der Waals surface area contributed by atoms with Crippen LogP contribution in [0.15, 0.2) is 79.3 Å². The lowest BCUT2D eigenvalue weighted by Crippen LogP contribution is -2.33. The number of imidazole rings is 1. The van der Waals surface area contributed by atoms with Crippen LogP contribution in [0.2, 0.25) is 0 Å². The van der Waals surface area contributed by atoms with Crippen LogP contribution in [0.4, 0.5) is 0 Å². The van der Waals surface area contributed by atoms with Gasteiger partial charge in [-0.15, -0.1) is 0 Å². The SMILES string of the molecule is CS(=O)(=O)N1CC=C(c2ccc(-c3cnc4ncc(C5(c6ccc7ncccc7c6)CC5)n4n3)cc2)CC1. The quantitative estimate of drug-likeness (QED) is 0.338. The van der Waals surface area contributed by atoms with E-state index in [1.165, 1.54) is 16.1 Å². The minimum atomic E-state index is -3.16. The summed E-state index contributed by atoms with van der Waals surface area (Å²) >= 11 is 0. The molecule has 5 aromatic rings. The van der Waals surface area contributed by atoms with Gasteiger partial charge in [-0.3, -0.25) is 4.98 Å². The molecule has 8 nitrogen and oxygen atoms in total. The monoisotopic (exact) mass is 522 g/mol. The summed E-state index contributed by atoms with van der Waals surface area (Å²) in [5.41, 5.74) is 7.20. The molecule has 0 spiro atoms. The van der Waals surface area contributed by atoms with E-state index in [-0.39, 0.29) is 5.41 Å². The highest BCUT2D eigenvalue weighted by Crippen LogP contribution is 2.53. The number of aromatic nitrogens is 5. The Bertz CT molecular complexity index is 1840. The summed E-state index contributed by atoms with van der Waals surface area (Å²) < 4.78 is 27.0. The number of rotatable bonds is 5. The Morgan fingerprint density at radius 1 is 0.921 bits per heavy atom. The van der Waals surface area contributed by atoms with Gasteiger partial charge in [0, 0.05) is 35.7 Å². The lowest BCUT2D eigenvalue weighted by Gasteiger charge is -2.24. The van der Waals surface area contributed by atoms with Gasteiger partial charge in [-0.05, 0) is 54.2 Å². The first-order valence-electron chi connectivity index (χ1n) is 12.7. The predicted molar refractivity (Wildman–Crippen MR) is 147 cm³/mol. The van der Waals surface area contributed by atoms with Crippen LogP contribution in [0.1, 0.15) is 36.1 Å². The topological polar surface area (TPSA) is 93.4 Å². The lowest BCUT2D eigenvalue weighted by atomic mass is 9.91. The fraction of sp³-hybridized carbons (Fsp3) is 0.241. The Hall–Kier alpha value is -3.95. The van der Waals surface area contributed by atoms with Gasteiger partial charge in [-0.2, -0.15) is 13.9 Å². The Kier molecular flexibility index (Phi) is 5.21. The van der Waals surface area contributed by atoms with Crippen LogP contribution in [0.3, 0.4) is 0 Å². The first kappa shape index (κ1) is 23.2. The molecule has 0 saturated heterocycles. The molecular formula is C29H26N6O2S. The number of hydrogen-bond donors (Lipinski definition) is 0. The Morgan fingerprint density at radius 2 is 1.71 bits per heavy atom. The molecule has 9 heteroatoms. The summed E-state index contributed by atoms with van der Waals surface area (Å²) in [5, 5.41) is 6.10. The van der Waals surface area contributed by atoms with E-state index in [2.05, 4.69) is 63.5 Å². The number of benzene rings is 2. The molecule has 2 aromatic carbocycles. The summed E-state index contributed by atoms with van der Waals surface area (Å²) in [6.07, 6.45) is 11.5. The normalized spacial score (nSPS) is 17.6. The van der Waals surface area contributed by atoms with Crippen LogP contribution in [-0.4, -0.2) is 56.6 Å². The second kappa shape index (κ2) is 8.54. The van der Waals surface area contributed by atoms with E-state index in [4.69, 9.17) is 5.10 Å². The molecule has 0 bridgehead atoms. The highest BCUT2D eigenvalue weighted by Gasteiger charge is 2.48. The smallest absolute Gasteiger partial charge is 0.250 e. The molecule has 0 amide bonds. The third-order valence-corrected chi connectivity index (χ3v) is 9.09. The molecule has 1 saturated carbocycles. The average Bonchev–Trinajstić information content (AvgIpc) is 3.64. The van der Waals surface area contributed by atoms with Gasteiger partial charge in [0.05, 0.1) is 29.9 Å². The zero-order valence-electron chi connectivity index (χ0n) is 20.9. The number of nitrogens with zero attached hydrogens (tertiary/aromatic N) is 6. The van der Waals surface area contributed by atoms with E-state index in [1.807, 2.05) is 29.1 Å². The molecule has 1 aliphatic heterocycles. The maximum Gasteiger partial charge on any atom is 0.250 e. The van der Waals surface area contributed by atoms with Crippen molar-refractivity contribution in [3.63, 3.8) is 0 Å². The molecule has 1 aliphatic carbocycles. The zero-order chi connectivity index (χ0) is 25.9. The maximum atomic E-state index is 11.8. The van der Waals surface area contributed by atoms with Gasteiger partial charge in [0.2, 0.25) is 10.0 Å². The van der Waals surface area contributed by atoms with Gasteiger partial charge in [-0.1, -0.05) is 42.5 Å². The summed E-state index contributed by atoms with van der Waals surface area (Å²) in [7, 11) is -3.16. The predicted octanol–water partition coefficient (Wildman–Crippen LogP) is 4.47. The molecule has 0 radical (unpaired) electrons. The van der Waals surface area contributed by atoms with Gasteiger partial charge in [0.25, 0.3) is 5.78 Å². The van der Waals surface area contributed by atoms with Crippen molar-refractivity contribution >= 4 is 32.3 Å². The fourth-order valence-electron chi connectivity index (χ4n) is 5.49. The molecule has 3 aromatic heterocycles. The van der Waals surface area contributed by atoms with Gasteiger partial charge >= 0.3 is 0 Å². The summed E-state index contributed by atoms with van der Waals surface area (Å²) in [4.78, 5) is 13.6. The van der Waals surface area contributed by atoms with Crippen LogP contribution in [0.5, 0.6) is 0 Å².